The Balaban J connectivity index is 1.43. The van der Waals surface area contributed by atoms with Crippen LogP contribution in [0.3, 0.4) is 0 Å². The van der Waals surface area contributed by atoms with Crippen molar-refractivity contribution >= 4 is 21.9 Å². The number of hydrogen-bond donors (Lipinski definition) is 1. The molecule has 2 heterocycles. The van der Waals surface area contributed by atoms with Crippen molar-refractivity contribution in [1.29, 1.82) is 0 Å². The summed E-state index contributed by atoms with van der Waals surface area (Å²) in [5, 5.41) is 2.71. The maximum absolute atomic E-state index is 12.9. The summed E-state index contributed by atoms with van der Waals surface area (Å²) in [6.07, 6.45) is 2.70. The molecule has 1 N–H and O–H groups in total. The van der Waals surface area contributed by atoms with Gasteiger partial charge in [-0.3, -0.25) is 9.59 Å². The summed E-state index contributed by atoms with van der Waals surface area (Å²) in [4.78, 5) is 24.4. The molecule has 2 aliphatic rings. The Morgan fingerprint density at radius 3 is 2.42 bits per heavy atom. The summed E-state index contributed by atoms with van der Waals surface area (Å²) in [5.41, 5.74) is 1.08. The lowest BCUT2D eigenvalue weighted by molar-refractivity contribution is -0.153. The van der Waals surface area contributed by atoms with E-state index in [0.29, 0.717) is 31.9 Å². The highest BCUT2D eigenvalue weighted by Crippen LogP contribution is 2.26. The summed E-state index contributed by atoms with van der Waals surface area (Å²) in [6, 6.07) is 6.96. The average Bonchev–Trinajstić information content (AvgIpc) is 3.30. The lowest BCUT2D eigenvalue weighted by Crippen LogP contribution is -2.41. The van der Waals surface area contributed by atoms with Gasteiger partial charge in [-0.05, 0) is 49.3 Å². The summed E-state index contributed by atoms with van der Waals surface area (Å²) in [5.74, 6) is -0.878. The number of rotatable bonds is 8. The number of ether oxygens (including phenoxy) is 2. The van der Waals surface area contributed by atoms with E-state index in [0.717, 1.165) is 18.4 Å². The molecule has 1 atom stereocenters. The highest BCUT2D eigenvalue weighted by atomic mass is 32.2. The molecular weight excluding hydrogens is 420 g/mol. The monoisotopic (exact) mass is 452 g/mol. The number of carbonyl (C=O) groups excluding carboxylic acids is 2. The van der Waals surface area contributed by atoms with E-state index in [1.54, 1.807) is 12.1 Å². The van der Waals surface area contributed by atoms with E-state index < -0.39 is 21.9 Å². The predicted molar refractivity (Wildman–Crippen MR) is 115 cm³/mol. The van der Waals surface area contributed by atoms with Crippen LogP contribution in [-0.4, -0.2) is 63.6 Å². The number of piperidine rings is 1. The van der Waals surface area contributed by atoms with Gasteiger partial charge in [-0.15, -0.1) is 0 Å². The van der Waals surface area contributed by atoms with Crippen molar-refractivity contribution in [3.05, 3.63) is 29.8 Å². The molecule has 0 aromatic heterocycles. The Labute approximate surface area is 184 Å². The Kier molecular flexibility index (Phi) is 8.07. The first kappa shape index (κ1) is 23.7. The summed E-state index contributed by atoms with van der Waals surface area (Å²) >= 11 is 0. The third-order valence-electron chi connectivity index (χ3n) is 5.87. The topological polar surface area (TPSA) is 102 Å². The predicted octanol–water partition coefficient (Wildman–Crippen LogP) is 2.05. The number of esters is 1. The molecule has 8 nitrogen and oxygen atoms in total. The number of benzene rings is 1. The molecule has 0 bridgehead atoms. The molecule has 1 amide bonds. The van der Waals surface area contributed by atoms with Crippen LogP contribution in [0, 0.1) is 5.92 Å². The molecule has 0 radical (unpaired) electrons. The second-order valence-corrected chi connectivity index (χ2v) is 10.4. The van der Waals surface area contributed by atoms with Gasteiger partial charge in [0.25, 0.3) is 5.91 Å². The minimum Gasteiger partial charge on any atom is -0.455 e. The third-order valence-corrected chi connectivity index (χ3v) is 7.78. The van der Waals surface area contributed by atoms with Crippen molar-refractivity contribution in [3.63, 3.8) is 0 Å². The zero-order valence-electron chi connectivity index (χ0n) is 18.2. The van der Waals surface area contributed by atoms with E-state index in [2.05, 4.69) is 19.2 Å². The minimum atomic E-state index is -3.59. The van der Waals surface area contributed by atoms with Crippen LogP contribution in [0.25, 0.3) is 0 Å². The van der Waals surface area contributed by atoms with Crippen LogP contribution in [-0.2, 0) is 29.1 Å². The Morgan fingerprint density at radius 2 is 1.84 bits per heavy atom. The highest BCUT2D eigenvalue weighted by molar-refractivity contribution is 7.89. The van der Waals surface area contributed by atoms with E-state index in [9.17, 15) is 18.0 Å². The fraction of sp³-hybridized carbons (Fsp3) is 0.636. The van der Waals surface area contributed by atoms with E-state index >= 15 is 0 Å². The second kappa shape index (κ2) is 10.6. The molecule has 2 fully saturated rings. The zero-order chi connectivity index (χ0) is 22.4. The van der Waals surface area contributed by atoms with Crippen LogP contribution in [0.15, 0.2) is 29.2 Å². The molecule has 2 saturated heterocycles. The van der Waals surface area contributed by atoms with Gasteiger partial charge in [0.15, 0.2) is 6.61 Å². The zero-order valence-corrected chi connectivity index (χ0v) is 19.0. The standard InChI is InChI=1S/C22H32N2O6S/c1-16(2)17-5-7-20(8-6-17)31(27,28)24-11-9-18(10-12-24)22(26)30-15-21(25)23-14-19-4-3-13-29-19/h5-8,16,18-19H,3-4,9-15H2,1-2H3,(H,23,25). The largest absolute Gasteiger partial charge is 0.455 e. The second-order valence-electron chi connectivity index (χ2n) is 8.45. The van der Waals surface area contributed by atoms with Crippen molar-refractivity contribution < 1.29 is 27.5 Å². The van der Waals surface area contributed by atoms with Gasteiger partial charge < -0.3 is 14.8 Å². The molecule has 0 saturated carbocycles. The number of hydrogen-bond acceptors (Lipinski definition) is 6. The van der Waals surface area contributed by atoms with Gasteiger partial charge in [0, 0.05) is 26.2 Å². The van der Waals surface area contributed by atoms with Gasteiger partial charge >= 0.3 is 5.97 Å². The smallest absolute Gasteiger partial charge is 0.309 e. The molecule has 0 aliphatic carbocycles. The van der Waals surface area contributed by atoms with Crippen LogP contribution >= 0.6 is 0 Å². The first-order chi connectivity index (χ1) is 14.8. The number of sulfonamides is 1. The first-order valence-corrected chi connectivity index (χ1v) is 12.4. The molecule has 1 aromatic carbocycles. The molecule has 2 aliphatic heterocycles. The summed E-state index contributed by atoms with van der Waals surface area (Å²) < 4.78 is 37.8. The van der Waals surface area contributed by atoms with E-state index in [1.807, 2.05) is 12.1 Å². The lowest BCUT2D eigenvalue weighted by Gasteiger charge is -2.30. The van der Waals surface area contributed by atoms with E-state index in [4.69, 9.17) is 9.47 Å². The summed E-state index contributed by atoms with van der Waals surface area (Å²) in [6.45, 7) is 5.42. The molecule has 9 heteroatoms. The van der Waals surface area contributed by atoms with Crippen molar-refractivity contribution in [2.24, 2.45) is 5.92 Å². The van der Waals surface area contributed by atoms with Crippen LogP contribution in [0.1, 0.15) is 51.0 Å². The summed E-state index contributed by atoms with van der Waals surface area (Å²) in [7, 11) is -3.59. The van der Waals surface area contributed by atoms with Gasteiger partial charge in [0.05, 0.1) is 16.9 Å². The van der Waals surface area contributed by atoms with Gasteiger partial charge in [0.2, 0.25) is 10.0 Å². The van der Waals surface area contributed by atoms with Gasteiger partial charge in [0.1, 0.15) is 0 Å². The van der Waals surface area contributed by atoms with Crippen molar-refractivity contribution in [1.82, 2.24) is 9.62 Å². The van der Waals surface area contributed by atoms with Crippen LogP contribution < -0.4 is 5.32 Å². The highest BCUT2D eigenvalue weighted by Gasteiger charge is 2.33. The molecule has 1 aromatic rings. The Bertz CT molecular complexity index is 854. The van der Waals surface area contributed by atoms with E-state index in [-0.39, 0.29) is 36.6 Å². The molecule has 31 heavy (non-hydrogen) atoms. The number of nitrogens with one attached hydrogen (secondary N) is 1. The number of nitrogens with zero attached hydrogens (tertiary/aromatic N) is 1. The third kappa shape index (κ3) is 6.27. The minimum absolute atomic E-state index is 0.0347. The average molecular weight is 453 g/mol. The van der Waals surface area contributed by atoms with Gasteiger partial charge in [-0.1, -0.05) is 26.0 Å². The molecule has 3 rings (SSSR count). The number of carbonyl (C=O) groups is 2. The SMILES string of the molecule is CC(C)c1ccc(S(=O)(=O)N2CCC(C(=O)OCC(=O)NCC3CCCO3)CC2)cc1. The Morgan fingerprint density at radius 1 is 1.16 bits per heavy atom. The van der Waals surface area contributed by atoms with Crippen LogP contribution in [0.4, 0.5) is 0 Å². The normalized spacial score (nSPS) is 20.7. The first-order valence-electron chi connectivity index (χ1n) is 10.9. The van der Waals surface area contributed by atoms with Gasteiger partial charge in [-0.2, -0.15) is 4.31 Å². The fourth-order valence-electron chi connectivity index (χ4n) is 3.84. The van der Waals surface area contributed by atoms with Crippen molar-refractivity contribution in [3.8, 4) is 0 Å². The van der Waals surface area contributed by atoms with Crippen molar-refractivity contribution in [2.75, 3.05) is 32.8 Å². The lowest BCUT2D eigenvalue weighted by atomic mass is 9.98. The van der Waals surface area contributed by atoms with E-state index in [1.165, 1.54) is 4.31 Å². The molecule has 0 spiro atoms. The van der Waals surface area contributed by atoms with Crippen LogP contribution in [0.2, 0.25) is 0 Å². The fourth-order valence-corrected chi connectivity index (χ4v) is 5.31. The molecular formula is C22H32N2O6S. The quantitative estimate of drug-likeness (QED) is 0.606. The maximum Gasteiger partial charge on any atom is 0.309 e. The van der Waals surface area contributed by atoms with Crippen molar-refractivity contribution in [2.45, 2.75) is 56.4 Å². The van der Waals surface area contributed by atoms with Crippen LogP contribution in [0.5, 0.6) is 0 Å². The molecule has 1 unspecified atom stereocenters. The van der Waals surface area contributed by atoms with Gasteiger partial charge in [-0.25, -0.2) is 8.42 Å². The number of amides is 1. The maximum atomic E-state index is 12.9. The molecule has 172 valence electrons. The Hall–Kier alpha value is -1.97.